The van der Waals surface area contributed by atoms with Crippen molar-refractivity contribution in [3.63, 3.8) is 0 Å². The summed E-state index contributed by atoms with van der Waals surface area (Å²) < 4.78 is 4.61. The van der Waals surface area contributed by atoms with Crippen LogP contribution in [0.1, 0.15) is 26.4 Å². The van der Waals surface area contributed by atoms with Gasteiger partial charge in [-0.25, -0.2) is 4.79 Å². The smallest absolute Gasteiger partial charge is 0.339 e. The van der Waals surface area contributed by atoms with Gasteiger partial charge in [-0.2, -0.15) is 0 Å². The van der Waals surface area contributed by atoms with Gasteiger partial charge in [0.15, 0.2) is 0 Å². The molecule has 0 aliphatic rings. The molecule has 0 spiro atoms. The SMILES string of the molecule is COC(=O)c1ccc(CSc2ccc(C=O)cc2)nc1. The van der Waals surface area contributed by atoms with Crippen molar-refractivity contribution in [3.8, 4) is 0 Å². The van der Waals surface area contributed by atoms with E-state index in [1.807, 2.05) is 12.1 Å². The molecule has 1 heterocycles. The summed E-state index contributed by atoms with van der Waals surface area (Å²) in [5, 5.41) is 0. The normalized spacial score (nSPS) is 10.1. The average Bonchev–Trinajstić information content (AvgIpc) is 2.53. The van der Waals surface area contributed by atoms with Crippen LogP contribution in [0.5, 0.6) is 0 Å². The number of methoxy groups -OCH3 is 1. The largest absolute Gasteiger partial charge is 0.465 e. The molecule has 1 aromatic carbocycles. The summed E-state index contributed by atoms with van der Waals surface area (Å²) in [4.78, 5) is 27.1. The van der Waals surface area contributed by atoms with Crippen LogP contribution in [0.2, 0.25) is 0 Å². The second-order valence-electron chi connectivity index (χ2n) is 4.01. The number of esters is 1. The van der Waals surface area contributed by atoms with Gasteiger partial charge in [0.25, 0.3) is 0 Å². The maximum absolute atomic E-state index is 11.3. The number of benzene rings is 1. The van der Waals surface area contributed by atoms with Crippen LogP contribution in [0.15, 0.2) is 47.5 Å². The molecule has 0 radical (unpaired) electrons. The summed E-state index contributed by atoms with van der Waals surface area (Å²) in [7, 11) is 1.34. The Hall–Kier alpha value is -2.14. The van der Waals surface area contributed by atoms with Gasteiger partial charge < -0.3 is 4.74 Å². The standard InChI is InChI=1S/C15H13NO3S/c1-19-15(18)12-4-5-13(16-8-12)10-20-14-6-2-11(9-17)3-7-14/h2-9H,10H2,1H3. The lowest BCUT2D eigenvalue weighted by Gasteiger charge is -2.03. The molecule has 0 atom stereocenters. The average molecular weight is 287 g/mol. The van der Waals surface area contributed by atoms with E-state index in [1.165, 1.54) is 13.3 Å². The van der Waals surface area contributed by atoms with Gasteiger partial charge in [0.1, 0.15) is 6.29 Å². The molecule has 2 rings (SSSR count). The molecule has 20 heavy (non-hydrogen) atoms. The minimum absolute atomic E-state index is 0.388. The monoisotopic (exact) mass is 287 g/mol. The molecule has 102 valence electrons. The third-order valence-corrected chi connectivity index (χ3v) is 3.69. The van der Waals surface area contributed by atoms with E-state index in [-0.39, 0.29) is 5.97 Å². The Labute approximate surface area is 121 Å². The van der Waals surface area contributed by atoms with Crippen LogP contribution in [0.4, 0.5) is 0 Å². The maximum Gasteiger partial charge on any atom is 0.339 e. The fraction of sp³-hybridized carbons (Fsp3) is 0.133. The molecule has 1 aromatic heterocycles. The fourth-order valence-corrected chi connectivity index (χ4v) is 2.36. The van der Waals surface area contributed by atoms with Crippen LogP contribution in [0, 0.1) is 0 Å². The van der Waals surface area contributed by atoms with Crippen LogP contribution in [0.25, 0.3) is 0 Å². The van der Waals surface area contributed by atoms with E-state index in [9.17, 15) is 9.59 Å². The number of hydrogen-bond acceptors (Lipinski definition) is 5. The molecule has 0 aliphatic carbocycles. The molecule has 0 saturated heterocycles. The Morgan fingerprint density at radius 1 is 1.25 bits per heavy atom. The van der Waals surface area contributed by atoms with Crippen LogP contribution in [0.3, 0.4) is 0 Å². The summed E-state index contributed by atoms with van der Waals surface area (Å²) >= 11 is 1.62. The molecule has 2 aromatic rings. The Bertz CT molecular complexity index is 594. The zero-order valence-corrected chi connectivity index (χ0v) is 11.7. The van der Waals surface area contributed by atoms with Crippen molar-refractivity contribution >= 4 is 24.0 Å². The lowest BCUT2D eigenvalue weighted by Crippen LogP contribution is -2.02. The van der Waals surface area contributed by atoms with Crippen molar-refractivity contribution < 1.29 is 14.3 Å². The summed E-state index contributed by atoms with van der Waals surface area (Å²) in [6, 6.07) is 10.9. The van der Waals surface area contributed by atoms with Crippen LogP contribution >= 0.6 is 11.8 Å². The highest BCUT2D eigenvalue weighted by atomic mass is 32.2. The Morgan fingerprint density at radius 2 is 2.00 bits per heavy atom. The topological polar surface area (TPSA) is 56.3 Å². The summed E-state index contributed by atoms with van der Waals surface area (Å²) in [6.07, 6.45) is 2.33. The van der Waals surface area contributed by atoms with E-state index >= 15 is 0 Å². The van der Waals surface area contributed by atoms with Gasteiger partial charge in [-0.05, 0) is 24.3 Å². The first kappa shape index (κ1) is 14.3. The van der Waals surface area contributed by atoms with E-state index in [4.69, 9.17) is 0 Å². The fourth-order valence-electron chi connectivity index (χ4n) is 1.55. The van der Waals surface area contributed by atoms with Gasteiger partial charge >= 0.3 is 5.97 Å². The lowest BCUT2D eigenvalue weighted by molar-refractivity contribution is 0.0600. The number of thioether (sulfide) groups is 1. The number of pyridine rings is 1. The number of aldehydes is 1. The number of ether oxygens (including phenoxy) is 1. The highest BCUT2D eigenvalue weighted by Crippen LogP contribution is 2.22. The highest BCUT2D eigenvalue weighted by Gasteiger charge is 2.05. The van der Waals surface area contributed by atoms with Crippen LogP contribution < -0.4 is 0 Å². The minimum Gasteiger partial charge on any atom is -0.465 e. The first-order valence-electron chi connectivity index (χ1n) is 5.94. The molecule has 4 nitrogen and oxygen atoms in total. The molecule has 5 heteroatoms. The molecular weight excluding hydrogens is 274 g/mol. The van der Waals surface area contributed by atoms with E-state index in [1.54, 1.807) is 36.0 Å². The van der Waals surface area contributed by atoms with Crippen molar-refractivity contribution in [2.75, 3.05) is 7.11 Å². The van der Waals surface area contributed by atoms with Crippen molar-refractivity contribution in [3.05, 3.63) is 59.4 Å². The molecular formula is C15H13NO3S. The Balaban J connectivity index is 1.96. The van der Waals surface area contributed by atoms with E-state index < -0.39 is 0 Å². The van der Waals surface area contributed by atoms with Gasteiger partial charge in [-0.15, -0.1) is 11.8 Å². The Kier molecular flexibility index (Phi) is 4.90. The minimum atomic E-state index is -0.388. The lowest BCUT2D eigenvalue weighted by atomic mass is 10.2. The second kappa shape index (κ2) is 6.86. The van der Waals surface area contributed by atoms with Crippen LogP contribution in [-0.2, 0) is 10.5 Å². The van der Waals surface area contributed by atoms with Crippen LogP contribution in [-0.4, -0.2) is 24.3 Å². The molecule has 0 unspecified atom stereocenters. The molecule has 0 aliphatic heterocycles. The van der Waals surface area contributed by atoms with Gasteiger partial charge in [0.2, 0.25) is 0 Å². The van der Waals surface area contributed by atoms with Gasteiger partial charge in [-0.3, -0.25) is 9.78 Å². The summed E-state index contributed by atoms with van der Waals surface area (Å²) in [5.74, 6) is 0.308. The first-order valence-corrected chi connectivity index (χ1v) is 6.93. The quantitative estimate of drug-likeness (QED) is 0.481. The predicted octanol–water partition coefficient (Wildman–Crippen LogP) is 2.97. The zero-order chi connectivity index (χ0) is 14.4. The molecule has 0 fully saturated rings. The number of hydrogen-bond donors (Lipinski definition) is 0. The first-order chi connectivity index (χ1) is 9.72. The van der Waals surface area contributed by atoms with Gasteiger partial charge in [-0.1, -0.05) is 12.1 Å². The molecule has 0 amide bonds. The van der Waals surface area contributed by atoms with Gasteiger partial charge in [0.05, 0.1) is 18.4 Å². The third kappa shape index (κ3) is 3.68. The summed E-state index contributed by atoms with van der Waals surface area (Å²) in [6.45, 7) is 0. The molecule has 0 bridgehead atoms. The van der Waals surface area contributed by atoms with Crippen molar-refractivity contribution in [2.24, 2.45) is 0 Å². The number of rotatable bonds is 5. The number of carbonyl (C=O) groups excluding carboxylic acids is 2. The van der Waals surface area contributed by atoms with E-state index in [0.29, 0.717) is 16.9 Å². The van der Waals surface area contributed by atoms with Crippen molar-refractivity contribution in [2.45, 2.75) is 10.6 Å². The Morgan fingerprint density at radius 3 is 2.55 bits per heavy atom. The molecule has 0 N–H and O–H groups in total. The number of aromatic nitrogens is 1. The highest BCUT2D eigenvalue weighted by molar-refractivity contribution is 7.98. The van der Waals surface area contributed by atoms with Gasteiger partial charge in [0, 0.05) is 22.4 Å². The predicted molar refractivity (Wildman–Crippen MR) is 77.0 cm³/mol. The molecule has 0 saturated carbocycles. The van der Waals surface area contributed by atoms with E-state index in [2.05, 4.69) is 9.72 Å². The summed E-state index contributed by atoms with van der Waals surface area (Å²) in [5.41, 5.74) is 1.98. The second-order valence-corrected chi connectivity index (χ2v) is 5.05. The number of carbonyl (C=O) groups is 2. The maximum atomic E-state index is 11.3. The third-order valence-electron chi connectivity index (χ3n) is 2.65. The van der Waals surface area contributed by atoms with Crippen molar-refractivity contribution in [1.82, 2.24) is 4.98 Å². The van der Waals surface area contributed by atoms with E-state index in [0.717, 1.165) is 16.9 Å². The zero-order valence-electron chi connectivity index (χ0n) is 10.9. The number of nitrogens with zero attached hydrogens (tertiary/aromatic N) is 1. The van der Waals surface area contributed by atoms with Crippen molar-refractivity contribution in [1.29, 1.82) is 0 Å².